The molecule has 0 radical (unpaired) electrons. The van der Waals surface area contributed by atoms with Crippen molar-refractivity contribution in [1.29, 1.82) is 0 Å². The zero-order valence-electron chi connectivity index (χ0n) is 38.2. The van der Waals surface area contributed by atoms with Gasteiger partial charge in [-0.25, -0.2) is 19.6 Å². The summed E-state index contributed by atoms with van der Waals surface area (Å²) in [5.74, 6) is 1.48. The monoisotopic (exact) mass is 883 g/mol. The molecule has 2 saturated heterocycles. The van der Waals surface area contributed by atoms with Gasteiger partial charge in [0.1, 0.15) is 17.2 Å². The molecule has 4 atom stereocenters. The van der Waals surface area contributed by atoms with E-state index in [1.807, 2.05) is 80.2 Å². The Balaban J connectivity index is 0.840. The number of nitrogens with one attached hydrogen (secondary N) is 3. The minimum absolute atomic E-state index is 0.0438. The van der Waals surface area contributed by atoms with Crippen molar-refractivity contribution >= 4 is 34.4 Å². The number of esters is 1. The molecule has 66 heavy (non-hydrogen) atoms. The van der Waals surface area contributed by atoms with E-state index in [0.29, 0.717) is 37.3 Å². The zero-order valence-corrected chi connectivity index (χ0v) is 38.2. The first-order chi connectivity index (χ1) is 31.9. The lowest BCUT2D eigenvalue weighted by atomic mass is 9.96. The summed E-state index contributed by atoms with van der Waals surface area (Å²) in [6.45, 7) is 9.52. The number of carbonyl (C=O) groups excluding carboxylic acids is 3. The van der Waals surface area contributed by atoms with Crippen LogP contribution in [0.25, 0.3) is 44.4 Å². The molecular formula is C54H57N7O5. The number of rotatable bonds is 12. The first-order valence-corrected chi connectivity index (χ1v) is 22.9. The second-order valence-electron chi connectivity index (χ2n) is 18.7. The molecule has 2 fully saturated rings. The number of likely N-dealkylation sites (tertiary alicyclic amines) is 2. The number of ether oxygens (including phenoxy) is 2. The van der Waals surface area contributed by atoms with Crippen molar-refractivity contribution in [2.24, 2.45) is 5.92 Å². The van der Waals surface area contributed by atoms with Gasteiger partial charge < -0.3 is 29.7 Å². The summed E-state index contributed by atoms with van der Waals surface area (Å²) in [6, 6.07) is 38.6. The Morgan fingerprint density at radius 1 is 0.818 bits per heavy atom. The third kappa shape index (κ3) is 9.59. The second-order valence-corrected chi connectivity index (χ2v) is 18.7. The van der Waals surface area contributed by atoms with Crippen molar-refractivity contribution in [1.82, 2.24) is 29.7 Å². The molecule has 2 aliphatic heterocycles. The third-order valence-corrected chi connectivity index (χ3v) is 12.8. The Kier molecular flexibility index (Phi) is 12.5. The summed E-state index contributed by atoms with van der Waals surface area (Å²) in [5, 5.41) is 5.57. The fourth-order valence-electron chi connectivity index (χ4n) is 9.37. The molecule has 7 aromatic rings. The van der Waals surface area contributed by atoms with Crippen molar-refractivity contribution in [2.75, 3.05) is 32.1 Å². The van der Waals surface area contributed by atoms with Gasteiger partial charge in [0.25, 0.3) is 0 Å². The van der Waals surface area contributed by atoms with Gasteiger partial charge in [0.2, 0.25) is 5.91 Å². The summed E-state index contributed by atoms with van der Waals surface area (Å²) in [5.41, 5.74) is 7.73. The fraction of sp³-hybridized carbons (Fsp3) is 0.315. The number of aromatic nitrogens is 4. The summed E-state index contributed by atoms with van der Waals surface area (Å²) >= 11 is 0. The topological polar surface area (TPSA) is 146 Å². The van der Waals surface area contributed by atoms with E-state index >= 15 is 0 Å². The smallest absolute Gasteiger partial charge is 0.410 e. The van der Waals surface area contributed by atoms with Crippen molar-refractivity contribution in [3.05, 3.63) is 150 Å². The highest BCUT2D eigenvalue weighted by atomic mass is 16.6. The standard InChI is InChI=1S/C54H57N7O5/c1-34(30-55-44-15-10-9-14-43(44)52(63)65-5)26-49(62)60-25-11-16-47(60)50-56-32-46(59-50)41-24-23-39-27-38(21-22-40(39)28-41)36-17-19-37(20-18-36)45-31-57-51(58-45)48-29-42(35-12-7-6-8-13-35)33-61(48)53(64)66-54(2,3)4/h6-10,12-15,17-24,27-28,31-32,34,42,47-48,55H,11,16,25-26,29-30,33H2,1-5H3,(H,56,59)(H,57,58). The fourth-order valence-corrected chi connectivity index (χ4v) is 9.37. The van der Waals surface area contributed by atoms with Gasteiger partial charge in [-0.2, -0.15) is 0 Å². The summed E-state index contributed by atoms with van der Waals surface area (Å²) < 4.78 is 10.8. The highest BCUT2D eigenvalue weighted by Gasteiger charge is 2.40. The van der Waals surface area contributed by atoms with E-state index in [9.17, 15) is 14.4 Å². The Bertz CT molecular complexity index is 2850. The average Bonchev–Trinajstić information content (AvgIpc) is 4.17. The van der Waals surface area contributed by atoms with E-state index < -0.39 is 11.6 Å². The second kappa shape index (κ2) is 18.7. The first-order valence-electron chi connectivity index (χ1n) is 22.9. The number of hydrogen-bond acceptors (Lipinski definition) is 8. The van der Waals surface area contributed by atoms with Crippen LogP contribution in [-0.2, 0) is 14.3 Å². The maximum atomic E-state index is 13.6. The maximum absolute atomic E-state index is 13.6. The van der Waals surface area contributed by atoms with Crippen LogP contribution in [0.3, 0.4) is 0 Å². The molecule has 2 amide bonds. The summed E-state index contributed by atoms with van der Waals surface area (Å²) in [6.07, 6.45) is 6.37. The van der Waals surface area contributed by atoms with Crippen LogP contribution in [0.2, 0.25) is 0 Å². The minimum Gasteiger partial charge on any atom is -0.465 e. The molecule has 12 nitrogen and oxygen atoms in total. The first kappa shape index (κ1) is 44.0. The van der Waals surface area contributed by atoms with E-state index in [4.69, 9.17) is 19.4 Å². The Hall–Kier alpha value is -7.21. The number of hydrogen-bond donors (Lipinski definition) is 3. The molecule has 5 aromatic carbocycles. The average molecular weight is 884 g/mol. The molecule has 0 aliphatic carbocycles. The lowest BCUT2D eigenvalue weighted by Gasteiger charge is -2.27. The van der Waals surface area contributed by atoms with Gasteiger partial charge in [0.05, 0.1) is 42.3 Å². The molecule has 2 aromatic heterocycles. The Labute approximate surface area is 385 Å². The number of amides is 2. The minimum atomic E-state index is -0.601. The molecule has 3 N–H and O–H groups in total. The summed E-state index contributed by atoms with van der Waals surface area (Å²) in [4.78, 5) is 59.8. The van der Waals surface area contributed by atoms with Crippen LogP contribution >= 0.6 is 0 Å². The van der Waals surface area contributed by atoms with Crippen LogP contribution in [0.1, 0.15) is 99.0 Å². The largest absolute Gasteiger partial charge is 0.465 e. The molecule has 4 unspecified atom stereocenters. The zero-order chi connectivity index (χ0) is 46.0. The number of anilines is 1. The van der Waals surface area contributed by atoms with Crippen LogP contribution in [-0.4, -0.2) is 80.1 Å². The molecule has 12 heteroatoms. The van der Waals surface area contributed by atoms with Gasteiger partial charge in [-0.15, -0.1) is 0 Å². The van der Waals surface area contributed by atoms with Crippen LogP contribution in [0.15, 0.2) is 128 Å². The van der Waals surface area contributed by atoms with E-state index in [1.54, 1.807) is 12.1 Å². The van der Waals surface area contributed by atoms with Crippen LogP contribution in [0.5, 0.6) is 0 Å². The van der Waals surface area contributed by atoms with Crippen molar-refractivity contribution < 1.29 is 23.9 Å². The van der Waals surface area contributed by atoms with Gasteiger partial charge in [-0.05, 0) is 103 Å². The van der Waals surface area contributed by atoms with Gasteiger partial charge in [0, 0.05) is 49.4 Å². The van der Waals surface area contributed by atoms with E-state index in [2.05, 4.69) is 88.1 Å². The van der Waals surface area contributed by atoms with E-state index in [0.717, 1.165) is 75.3 Å². The molecule has 338 valence electrons. The maximum Gasteiger partial charge on any atom is 0.410 e. The Morgan fingerprint density at radius 2 is 1.52 bits per heavy atom. The molecule has 0 saturated carbocycles. The van der Waals surface area contributed by atoms with Gasteiger partial charge in [-0.1, -0.05) is 97.9 Å². The number of methoxy groups -OCH3 is 1. The number of para-hydroxylation sites is 1. The lowest BCUT2D eigenvalue weighted by molar-refractivity contribution is -0.133. The molecule has 0 spiro atoms. The highest BCUT2D eigenvalue weighted by molar-refractivity contribution is 5.95. The predicted molar refractivity (Wildman–Crippen MR) is 258 cm³/mol. The Morgan fingerprint density at radius 3 is 2.27 bits per heavy atom. The molecular weight excluding hydrogens is 827 g/mol. The number of benzene rings is 5. The number of fused-ring (bicyclic) bond motifs is 1. The van der Waals surface area contributed by atoms with E-state index in [-0.39, 0.29) is 35.9 Å². The lowest BCUT2D eigenvalue weighted by Crippen LogP contribution is -2.37. The van der Waals surface area contributed by atoms with Gasteiger partial charge >= 0.3 is 12.1 Å². The number of carbonyl (C=O) groups is 3. The van der Waals surface area contributed by atoms with Crippen LogP contribution in [0.4, 0.5) is 10.5 Å². The van der Waals surface area contributed by atoms with Gasteiger partial charge in [-0.3, -0.25) is 9.69 Å². The molecule has 9 rings (SSSR count). The summed E-state index contributed by atoms with van der Waals surface area (Å²) in [7, 11) is 1.37. The van der Waals surface area contributed by atoms with E-state index in [1.165, 1.54) is 12.7 Å². The number of imidazole rings is 2. The number of aromatic amines is 2. The predicted octanol–water partition coefficient (Wildman–Crippen LogP) is 11.3. The van der Waals surface area contributed by atoms with Crippen molar-refractivity contribution in [3.8, 4) is 33.6 Å². The SMILES string of the molecule is COC(=O)c1ccccc1NCC(C)CC(=O)N1CCCC1c1nc(-c2ccc3cc(-c4ccc(-c5cnc(C6CC(c7ccccc7)CN6C(=O)OC(C)(C)C)[nH]5)cc4)ccc3c2)c[nH]1. The molecule has 2 aliphatic rings. The van der Waals surface area contributed by atoms with Crippen LogP contribution in [0, 0.1) is 5.92 Å². The van der Waals surface area contributed by atoms with Crippen LogP contribution < -0.4 is 5.32 Å². The highest BCUT2D eigenvalue weighted by Crippen LogP contribution is 2.41. The third-order valence-electron chi connectivity index (χ3n) is 12.8. The van der Waals surface area contributed by atoms with Crippen molar-refractivity contribution in [3.63, 3.8) is 0 Å². The molecule has 0 bridgehead atoms. The normalized spacial score (nSPS) is 17.8. The number of H-pyrrole nitrogens is 2. The quantitative estimate of drug-likeness (QED) is 0.103. The van der Waals surface area contributed by atoms with Gasteiger partial charge in [0.15, 0.2) is 0 Å². The molecule has 4 heterocycles. The number of nitrogens with zero attached hydrogens (tertiary/aromatic N) is 4. The van der Waals surface area contributed by atoms with Crippen molar-refractivity contribution in [2.45, 2.75) is 77.0 Å².